The van der Waals surface area contributed by atoms with Gasteiger partial charge in [0.15, 0.2) is 0 Å². The van der Waals surface area contributed by atoms with Gasteiger partial charge in [-0.25, -0.2) is 4.79 Å². The summed E-state index contributed by atoms with van der Waals surface area (Å²) < 4.78 is 5.21. The Kier molecular flexibility index (Phi) is 6.58. The van der Waals surface area contributed by atoms with Crippen LogP contribution >= 0.6 is 0 Å². The summed E-state index contributed by atoms with van der Waals surface area (Å²) in [6, 6.07) is 12.7. The van der Waals surface area contributed by atoms with Crippen molar-refractivity contribution < 1.29 is 19.4 Å². The fourth-order valence-corrected chi connectivity index (χ4v) is 2.51. The number of hydrogen-bond donors (Lipinski definition) is 3. The Hall–Kier alpha value is -2.60. The van der Waals surface area contributed by atoms with Gasteiger partial charge in [0.2, 0.25) is 5.91 Å². The number of aliphatic hydroxyl groups excluding tert-OH is 1. The van der Waals surface area contributed by atoms with Crippen LogP contribution in [0.3, 0.4) is 0 Å². The predicted molar refractivity (Wildman–Crippen MR) is 102 cm³/mol. The van der Waals surface area contributed by atoms with Crippen LogP contribution in [0.2, 0.25) is 0 Å². The number of alkyl carbamates (subject to hydrolysis) is 1. The monoisotopic (exact) mass is 358 g/mol. The lowest BCUT2D eigenvalue weighted by atomic mass is 10.1. The zero-order valence-corrected chi connectivity index (χ0v) is 15.4. The van der Waals surface area contributed by atoms with Gasteiger partial charge in [0, 0.05) is 12.3 Å². The number of ether oxygens (including phenoxy) is 1. The molecule has 6 nitrogen and oxygen atoms in total. The van der Waals surface area contributed by atoms with Crippen molar-refractivity contribution in [2.24, 2.45) is 0 Å². The van der Waals surface area contributed by atoms with Crippen LogP contribution < -0.4 is 10.6 Å². The van der Waals surface area contributed by atoms with Crippen LogP contribution in [-0.4, -0.2) is 35.4 Å². The van der Waals surface area contributed by atoms with Gasteiger partial charge in [0.25, 0.3) is 0 Å². The highest BCUT2D eigenvalue weighted by atomic mass is 16.6. The molecule has 0 heterocycles. The Balaban J connectivity index is 2.07. The van der Waals surface area contributed by atoms with Crippen LogP contribution in [0.4, 0.5) is 10.5 Å². The fourth-order valence-electron chi connectivity index (χ4n) is 2.51. The van der Waals surface area contributed by atoms with Gasteiger partial charge in [-0.2, -0.15) is 0 Å². The smallest absolute Gasteiger partial charge is 0.408 e. The van der Waals surface area contributed by atoms with Crippen molar-refractivity contribution in [3.63, 3.8) is 0 Å². The van der Waals surface area contributed by atoms with Crippen LogP contribution in [0.1, 0.15) is 33.6 Å². The Morgan fingerprint density at radius 2 is 1.81 bits per heavy atom. The van der Waals surface area contributed by atoms with E-state index in [1.165, 1.54) is 0 Å². The molecule has 1 unspecified atom stereocenters. The molecule has 2 amide bonds. The molecule has 2 rings (SSSR count). The minimum Gasteiger partial charge on any atom is -0.444 e. The Bertz CT molecular complexity index is 768. The van der Waals surface area contributed by atoms with E-state index in [0.717, 1.165) is 10.8 Å². The first kappa shape index (κ1) is 19.7. The summed E-state index contributed by atoms with van der Waals surface area (Å²) in [5.41, 5.74) is -0.00541. The highest BCUT2D eigenvalue weighted by Gasteiger charge is 2.24. The van der Waals surface area contributed by atoms with Crippen LogP contribution in [0.25, 0.3) is 10.8 Å². The molecule has 3 N–H and O–H groups in total. The predicted octanol–water partition coefficient (Wildman–Crippen LogP) is 3.44. The second-order valence-electron chi connectivity index (χ2n) is 7.12. The van der Waals surface area contributed by atoms with Crippen molar-refractivity contribution in [1.29, 1.82) is 0 Å². The van der Waals surface area contributed by atoms with E-state index in [9.17, 15) is 9.59 Å². The number of hydrogen-bond acceptors (Lipinski definition) is 4. The molecule has 2 aromatic rings. The van der Waals surface area contributed by atoms with Crippen LogP contribution in [0, 0.1) is 0 Å². The first-order valence-corrected chi connectivity index (χ1v) is 8.68. The Morgan fingerprint density at radius 1 is 1.12 bits per heavy atom. The van der Waals surface area contributed by atoms with Crippen molar-refractivity contribution in [3.8, 4) is 0 Å². The van der Waals surface area contributed by atoms with Gasteiger partial charge in [0.1, 0.15) is 11.6 Å². The van der Waals surface area contributed by atoms with Gasteiger partial charge < -0.3 is 20.5 Å². The van der Waals surface area contributed by atoms with Crippen LogP contribution in [0.15, 0.2) is 42.5 Å². The Labute approximate surface area is 153 Å². The summed E-state index contributed by atoms with van der Waals surface area (Å²) >= 11 is 0. The largest absolute Gasteiger partial charge is 0.444 e. The third kappa shape index (κ3) is 6.04. The van der Waals surface area contributed by atoms with Gasteiger partial charge in [-0.05, 0) is 56.5 Å². The van der Waals surface area contributed by atoms with Crippen molar-refractivity contribution >= 4 is 28.5 Å². The first-order chi connectivity index (χ1) is 12.3. The third-order valence-electron chi connectivity index (χ3n) is 3.68. The molecular weight excluding hydrogens is 332 g/mol. The van der Waals surface area contributed by atoms with E-state index in [2.05, 4.69) is 10.6 Å². The number of anilines is 1. The van der Waals surface area contributed by atoms with E-state index in [-0.39, 0.29) is 12.5 Å². The molecule has 1 atom stereocenters. The maximum atomic E-state index is 12.6. The highest BCUT2D eigenvalue weighted by Crippen LogP contribution is 2.19. The molecule has 0 spiro atoms. The van der Waals surface area contributed by atoms with E-state index in [1.54, 1.807) is 20.8 Å². The molecule has 26 heavy (non-hydrogen) atoms. The van der Waals surface area contributed by atoms with E-state index in [4.69, 9.17) is 9.84 Å². The minimum absolute atomic E-state index is 0.0598. The summed E-state index contributed by atoms with van der Waals surface area (Å²) in [5, 5.41) is 16.5. The standard InChI is InChI=1S/C20H26N2O4/c1-20(2,3)26-19(25)22-17(9-6-12-23)18(24)21-16-11-10-14-7-4-5-8-15(14)13-16/h4-5,7-8,10-11,13,17,23H,6,9,12H2,1-3H3,(H,21,24)(H,22,25). The number of benzene rings is 2. The zero-order valence-electron chi connectivity index (χ0n) is 15.4. The molecule has 6 heteroatoms. The fraction of sp³-hybridized carbons (Fsp3) is 0.400. The lowest BCUT2D eigenvalue weighted by molar-refractivity contribution is -0.118. The summed E-state index contributed by atoms with van der Waals surface area (Å²) in [7, 11) is 0. The van der Waals surface area contributed by atoms with Crippen LogP contribution in [0.5, 0.6) is 0 Å². The van der Waals surface area contributed by atoms with Gasteiger partial charge in [-0.3, -0.25) is 4.79 Å². The first-order valence-electron chi connectivity index (χ1n) is 8.68. The molecule has 0 fully saturated rings. The van der Waals surface area contributed by atoms with Crippen molar-refractivity contribution in [1.82, 2.24) is 5.32 Å². The summed E-state index contributed by atoms with van der Waals surface area (Å²) in [5.74, 6) is -0.348. The second kappa shape index (κ2) is 8.67. The number of carbonyl (C=O) groups excluding carboxylic acids is 2. The SMILES string of the molecule is CC(C)(C)OC(=O)NC(CCCO)C(=O)Nc1ccc2ccccc2c1. The molecule has 140 valence electrons. The van der Waals surface area contributed by atoms with E-state index < -0.39 is 17.7 Å². The van der Waals surface area contributed by atoms with Gasteiger partial charge in [0.05, 0.1) is 0 Å². The van der Waals surface area contributed by atoms with Crippen LogP contribution in [-0.2, 0) is 9.53 Å². The summed E-state index contributed by atoms with van der Waals surface area (Å²) in [6.07, 6.45) is 0.0509. The number of amides is 2. The molecule has 0 aliphatic carbocycles. The van der Waals surface area contributed by atoms with Gasteiger partial charge in [-0.15, -0.1) is 0 Å². The third-order valence-corrected chi connectivity index (χ3v) is 3.68. The number of rotatable bonds is 6. The molecule has 0 saturated carbocycles. The molecule has 0 aliphatic heterocycles. The lowest BCUT2D eigenvalue weighted by Crippen LogP contribution is -2.45. The van der Waals surface area contributed by atoms with Gasteiger partial charge >= 0.3 is 6.09 Å². The average Bonchev–Trinajstić information content (AvgIpc) is 2.56. The van der Waals surface area contributed by atoms with Crippen molar-refractivity contribution in [2.75, 3.05) is 11.9 Å². The zero-order chi connectivity index (χ0) is 19.2. The van der Waals surface area contributed by atoms with Crippen molar-refractivity contribution in [2.45, 2.75) is 45.3 Å². The van der Waals surface area contributed by atoms with Gasteiger partial charge in [-0.1, -0.05) is 30.3 Å². The highest BCUT2D eigenvalue weighted by molar-refractivity contribution is 5.98. The molecular formula is C20H26N2O4. The molecule has 0 aliphatic rings. The molecule has 0 radical (unpaired) electrons. The topological polar surface area (TPSA) is 87.7 Å². The maximum Gasteiger partial charge on any atom is 0.408 e. The average molecular weight is 358 g/mol. The quantitative estimate of drug-likeness (QED) is 0.738. The summed E-state index contributed by atoms with van der Waals surface area (Å²) in [4.78, 5) is 24.6. The Morgan fingerprint density at radius 3 is 2.46 bits per heavy atom. The number of nitrogens with one attached hydrogen (secondary N) is 2. The van der Waals surface area contributed by atoms with E-state index >= 15 is 0 Å². The minimum atomic E-state index is -0.788. The maximum absolute atomic E-state index is 12.6. The van der Waals surface area contributed by atoms with E-state index in [0.29, 0.717) is 18.5 Å². The number of aliphatic hydroxyl groups is 1. The molecule has 0 aromatic heterocycles. The number of fused-ring (bicyclic) bond motifs is 1. The second-order valence-corrected chi connectivity index (χ2v) is 7.12. The molecule has 0 bridgehead atoms. The number of carbonyl (C=O) groups is 2. The van der Waals surface area contributed by atoms with E-state index in [1.807, 2.05) is 42.5 Å². The summed E-state index contributed by atoms with van der Waals surface area (Å²) in [6.45, 7) is 5.20. The molecule has 2 aromatic carbocycles. The van der Waals surface area contributed by atoms with Crippen molar-refractivity contribution in [3.05, 3.63) is 42.5 Å². The lowest BCUT2D eigenvalue weighted by Gasteiger charge is -2.23. The molecule has 0 saturated heterocycles. The normalized spacial score (nSPS) is 12.5.